The monoisotopic (exact) mass is 472 g/mol. The fourth-order valence-corrected chi connectivity index (χ4v) is 5.21. The van der Waals surface area contributed by atoms with Crippen LogP contribution in [0.1, 0.15) is 12.8 Å². The molecule has 1 amide bonds. The van der Waals surface area contributed by atoms with E-state index < -0.39 is 0 Å². The van der Waals surface area contributed by atoms with E-state index in [1.165, 1.54) is 11.8 Å². The number of carbonyl (C=O) groups is 1. The van der Waals surface area contributed by atoms with Crippen LogP contribution in [0.3, 0.4) is 0 Å². The maximum atomic E-state index is 12.5. The van der Waals surface area contributed by atoms with Gasteiger partial charge in [0.1, 0.15) is 12.7 Å². The first kappa shape index (κ1) is 21.3. The number of hydrogen-bond acceptors (Lipinski definition) is 8. The molecule has 2 unspecified atom stereocenters. The van der Waals surface area contributed by atoms with Crippen LogP contribution in [0.5, 0.6) is 11.5 Å². The minimum absolute atomic E-state index is 0.0817. The Morgan fingerprint density at radius 2 is 2.09 bits per heavy atom. The summed E-state index contributed by atoms with van der Waals surface area (Å²) in [6, 6.07) is 11.6. The first-order valence-corrected chi connectivity index (χ1v) is 12.5. The average molecular weight is 473 g/mol. The van der Waals surface area contributed by atoms with Gasteiger partial charge in [-0.3, -0.25) is 9.36 Å². The Labute approximate surface area is 194 Å². The van der Waals surface area contributed by atoms with Crippen molar-refractivity contribution in [3.8, 4) is 22.2 Å². The Morgan fingerprint density at radius 1 is 1.19 bits per heavy atom. The highest BCUT2D eigenvalue weighted by Gasteiger charge is 2.24. The van der Waals surface area contributed by atoms with Gasteiger partial charge in [0, 0.05) is 6.61 Å². The summed E-state index contributed by atoms with van der Waals surface area (Å²) in [5, 5.41) is 14.4. The largest absolute Gasteiger partial charge is 0.486 e. The highest BCUT2D eigenvalue weighted by molar-refractivity contribution is 7.99. The van der Waals surface area contributed by atoms with Crippen LogP contribution in [0.25, 0.3) is 10.7 Å². The third-order valence-electron chi connectivity index (χ3n) is 5.30. The Balaban J connectivity index is 1.18. The summed E-state index contributed by atoms with van der Waals surface area (Å²) >= 11 is 3.01. The number of thioether (sulfide) groups is 1. The van der Waals surface area contributed by atoms with E-state index >= 15 is 0 Å². The smallest absolute Gasteiger partial charge is 0.230 e. The topological polar surface area (TPSA) is 87.5 Å². The summed E-state index contributed by atoms with van der Waals surface area (Å²) in [5.74, 6) is 2.43. The van der Waals surface area contributed by atoms with Crippen molar-refractivity contribution in [1.29, 1.82) is 0 Å². The number of fused-ring (bicyclic) bond motifs is 1. The third-order valence-corrected chi connectivity index (χ3v) is 7.13. The number of carbonyl (C=O) groups excluding carboxylic acids is 1. The van der Waals surface area contributed by atoms with Crippen LogP contribution in [0.4, 0.5) is 0 Å². The first-order valence-electron chi connectivity index (χ1n) is 10.6. The van der Waals surface area contributed by atoms with Gasteiger partial charge in [-0.2, -0.15) is 0 Å². The number of hydrogen-bond donors (Lipinski definition) is 1. The van der Waals surface area contributed by atoms with Gasteiger partial charge in [0.25, 0.3) is 0 Å². The second-order valence-electron chi connectivity index (χ2n) is 7.62. The molecule has 32 heavy (non-hydrogen) atoms. The first-order chi connectivity index (χ1) is 15.8. The number of benzene rings is 1. The summed E-state index contributed by atoms with van der Waals surface area (Å²) in [4.78, 5) is 13.5. The van der Waals surface area contributed by atoms with Crippen molar-refractivity contribution >= 4 is 29.0 Å². The molecule has 0 saturated carbocycles. The second kappa shape index (κ2) is 9.93. The maximum Gasteiger partial charge on any atom is 0.230 e. The molecule has 2 atom stereocenters. The number of aromatic nitrogens is 3. The van der Waals surface area contributed by atoms with Gasteiger partial charge in [0.2, 0.25) is 5.91 Å². The van der Waals surface area contributed by atoms with Crippen molar-refractivity contribution in [1.82, 2.24) is 20.1 Å². The standard InChI is InChI=1S/C22H24N4O4S2/c27-20(23-11-16-13-29-17-6-1-2-7-18(17)30-16)14-32-22-25-24-21(19-8-4-10-31-19)26(22)12-15-5-3-9-28-15/h1-2,4,6-8,10,15-16H,3,5,9,11-14H2,(H,23,27). The van der Waals surface area contributed by atoms with Crippen LogP contribution in [-0.2, 0) is 16.1 Å². The van der Waals surface area contributed by atoms with Crippen LogP contribution >= 0.6 is 23.1 Å². The lowest BCUT2D eigenvalue weighted by Gasteiger charge is -2.26. The molecule has 5 rings (SSSR count). The van der Waals surface area contributed by atoms with E-state index in [1.54, 1.807) is 11.3 Å². The van der Waals surface area contributed by atoms with Gasteiger partial charge in [-0.15, -0.1) is 21.5 Å². The van der Waals surface area contributed by atoms with Gasteiger partial charge >= 0.3 is 0 Å². The molecule has 1 fully saturated rings. The maximum absolute atomic E-state index is 12.5. The molecule has 8 nitrogen and oxygen atoms in total. The van der Waals surface area contributed by atoms with E-state index in [9.17, 15) is 4.79 Å². The Morgan fingerprint density at radius 3 is 2.91 bits per heavy atom. The van der Waals surface area contributed by atoms with Gasteiger partial charge in [0.05, 0.1) is 29.8 Å². The molecule has 4 heterocycles. The van der Waals surface area contributed by atoms with Gasteiger partial charge in [-0.1, -0.05) is 30.0 Å². The molecule has 2 aliphatic heterocycles. The number of rotatable bonds is 8. The Hall–Kier alpha value is -2.56. The van der Waals surface area contributed by atoms with Crippen molar-refractivity contribution in [2.45, 2.75) is 36.8 Å². The Kier molecular flexibility index (Phi) is 6.61. The predicted molar refractivity (Wildman–Crippen MR) is 122 cm³/mol. The molecule has 0 radical (unpaired) electrons. The Bertz CT molecular complexity index is 1050. The fourth-order valence-electron chi connectivity index (χ4n) is 3.71. The predicted octanol–water partition coefficient (Wildman–Crippen LogP) is 3.23. The summed E-state index contributed by atoms with van der Waals surface area (Å²) < 4.78 is 19.5. The molecular formula is C22H24N4O4S2. The molecule has 3 aromatic rings. The second-order valence-corrected chi connectivity index (χ2v) is 9.51. The molecule has 2 aromatic heterocycles. The molecule has 1 aromatic carbocycles. The van der Waals surface area contributed by atoms with E-state index in [0.29, 0.717) is 25.4 Å². The molecule has 168 valence electrons. The number of amides is 1. The number of nitrogens with one attached hydrogen (secondary N) is 1. The number of thiophene rings is 1. The fraction of sp³-hybridized carbons (Fsp3) is 0.409. The number of nitrogens with zero attached hydrogens (tertiary/aromatic N) is 3. The molecule has 10 heteroatoms. The quantitative estimate of drug-likeness (QED) is 0.504. The lowest BCUT2D eigenvalue weighted by atomic mass is 10.2. The SMILES string of the molecule is O=C(CSc1nnc(-c2cccs2)n1CC1CCCO1)NCC1COc2ccccc2O1. The van der Waals surface area contributed by atoms with Crippen LogP contribution in [0, 0.1) is 0 Å². The highest BCUT2D eigenvalue weighted by atomic mass is 32.2. The lowest BCUT2D eigenvalue weighted by Crippen LogP contribution is -2.41. The van der Waals surface area contributed by atoms with Crippen LogP contribution in [0.2, 0.25) is 0 Å². The van der Waals surface area contributed by atoms with Crippen molar-refractivity contribution in [3.63, 3.8) is 0 Å². The lowest BCUT2D eigenvalue weighted by molar-refractivity contribution is -0.119. The van der Waals surface area contributed by atoms with Crippen molar-refractivity contribution in [2.75, 3.05) is 25.5 Å². The molecule has 2 aliphatic rings. The van der Waals surface area contributed by atoms with E-state index in [2.05, 4.69) is 20.1 Å². The minimum atomic E-state index is -0.215. The van der Waals surface area contributed by atoms with Crippen molar-refractivity contribution in [2.24, 2.45) is 0 Å². The van der Waals surface area contributed by atoms with Crippen LogP contribution in [-0.4, -0.2) is 58.4 Å². The van der Waals surface area contributed by atoms with Gasteiger partial charge in [-0.25, -0.2) is 0 Å². The van der Waals surface area contributed by atoms with Gasteiger partial charge in [0.15, 0.2) is 22.5 Å². The average Bonchev–Trinajstić information content (AvgIpc) is 3.59. The normalized spacial score (nSPS) is 19.8. The molecular weight excluding hydrogens is 448 g/mol. The van der Waals surface area contributed by atoms with Crippen molar-refractivity contribution < 1.29 is 19.0 Å². The summed E-state index contributed by atoms with van der Waals surface area (Å²) in [6.07, 6.45) is 2.04. The van der Waals surface area contributed by atoms with Crippen LogP contribution < -0.4 is 14.8 Å². The molecule has 1 N–H and O–H groups in total. The molecule has 0 spiro atoms. The minimum Gasteiger partial charge on any atom is -0.486 e. The zero-order chi connectivity index (χ0) is 21.8. The van der Waals surface area contributed by atoms with Crippen molar-refractivity contribution in [3.05, 3.63) is 41.8 Å². The summed E-state index contributed by atoms with van der Waals surface area (Å²) in [7, 11) is 0. The van der Waals surface area contributed by atoms with Gasteiger partial charge < -0.3 is 19.5 Å². The highest BCUT2D eigenvalue weighted by Crippen LogP contribution is 2.31. The van der Waals surface area contributed by atoms with E-state index in [0.717, 1.165) is 41.1 Å². The van der Waals surface area contributed by atoms with E-state index in [4.69, 9.17) is 14.2 Å². The zero-order valence-corrected chi connectivity index (χ0v) is 19.1. The number of ether oxygens (including phenoxy) is 3. The van der Waals surface area contributed by atoms with Crippen LogP contribution in [0.15, 0.2) is 46.9 Å². The summed E-state index contributed by atoms with van der Waals surface area (Å²) in [5.41, 5.74) is 0. The third kappa shape index (κ3) is 4.92. The van der Waals surface area contributed by atoms with E-state index in [-0.39, 0.29) is 23.9 Å². The molecule has 1 saturated heterocycles. The molecule has 0 aliphatic carbocycles. The van der Waals surface area contributed by atoms with Gasteiger partial charge in [-0.05, 0) is 36.4 Å². The van der Waals surface area contributed by atoms with E-state index in [1.807, 2.05) is 41.8 Å². The zero-order valence-electron chi connectivity index (χ0n) is 17.4. The summed E-state index contributed by atoms with van der Waals surface area (Å²) in [6.45, 7) is 2.28. The number of para-hydroxylation sites is 2. The molecule has 0 bridgehead atoms.